The van der Waals surface area contributed by atoms with Crippen molar-refractivity contribution in [1.29, 1.82) is 0 Å². The third-order valence-corrected chi connectivity index (χ3v) is 3.59. The van der Waals surface area contributed by atoms with Crippen LogP contribution in [0.25, 0.3) is 11.1 Å². The van der Waals surface area contributed by atoms with Crippen molar-refractivity contribution in [1.82, 2.24) is 10.2 Å². The summed E-state index contributed by atoms with van der Waals surface area (Å²) in [6, 6.07) is 13.5. The van der Waals surface area contributed by atoms with E-state index in [2.05, 4.69) is 43.1 Å². The van der Waals surface area contributed by atoms with Gasteiger partial charge in [0, 0.05) is 24.2 Å². The molecule has 2 aromatic rings. The van der Waals surface area contributed by atoms with Gasteiger partial charge in [0.25, 0.3) is 0 Å². The smallest absolute Gasteiger partial charge is 0.131 e. The maximum absolute atomic E-state index is 14.3. The van der Waals surface area contributed by atoms with Crippen molar-refractivity contribution in [3.63, 3.8) is 0 Å². The van der Waals surface area contributed by atoms with Crippen LogP contribution >= 0.6 is 0 Å². The van der Waals surface area contributed by atoms with Crippen LogP contribution in [-0.2, 0) is 13.1 Å². The van der Waals surface area contributed by atoms with E-state index in [-0.39, 0.29) is 11.4 Å². The normalized spacial score (nSPS) is 12.0. The van der Waals surface area contributed by atoms with Crippen LogP contribution in [0.1, 0.15) is 31.9 Å². The molecule has 0 aliphatic rings. The minimum Gasteiger partial charge on any atom is -0.308 e. The van der Waals surface area contributed by atoms with Gasteiger partial charge in [0.15, 0.2) is 0 Å². The molecule has 0 aromatic heterocycles. The molecule has 0 saturated heterocycles. The van der Waals surface area contributed by atoms with Crippen LogP contribution in [0.5, 0.6) is 0 Å². The molecule has 0 fully saturated rings. The van der Waals surface area contributed by atoms with Crippen LogP contribution in [0.2, 0.25) is 0 Å². The lowest BCUT2D eigenvalue weighted by Gasteiger charge is -2.21. The Kier molecular flexibility index (Phi) is 5.55. The molecule has 23 heavy (non-hydrogen) atoms. The van der Waals surface area contributed by atoms with Gasteiger partial charge in [0.2, 0.25) is 0 Å². The van der Waals surface area contributed by atoms with Crippen LogP contribution in [-0.4, -0.2) is 24.5 Å². The van der Waals surface area contributed by atoms with E-state index in [1.165, 1.54) is 5.56 Å². The molecule has 2 rings (SSSR count). The molecule has 0 spiro atoms. The first kappa shape index (κ1) is 17.6. The average Bonchev–Trinajstić information content (AvgIpc) is 2.45. The molecule has 1 N–H and O–H groups in total. The van der Waals surface area contributed by atoms with Gasteiger partial charge in [-0.3, -0.25) is 0 Å². The fourth-order valence-electron chi connectivity index (χ4n) is 2.47. The highest BCUT2D eigenvalue weighted by Gasteiger charge is 2.11. The Morgan fingerprint density at radius 2 is 1.74 bits per heavy atom. The number of halogens is 1. The van der Waals surface area contributed by atoms with Crippen molar-refractivity contribution in [2.45, 2.75) is 39.4 Å². The lowest BCUT2D eigenvalue weighted by atomic mass is 9.99. The number of nitrogens with zero attached hydrogens (tertiary/aromatic N) is 1. The minimum atomic E-state index is -0.175. The summed E-state index contributed by atoms with van der Waals surface area (Å²) < 4.78 is 14.3. The molecule has 0 aliphatic carbocycles. The highest BCUT2D eigenvalue weighted by molar-refractivity contribution is 5.65. The maximum atomic E-state index is 14.3. The summed E-state index contributed by atoms with van der Waals surface area (Å²) in [7, 11) is 4.07. The molecule has 0 atom stereocenters. The molecule has 0 aliphatic heterocycles. The predicted octanol–water partition coefficient (Wildman–Crippen LogP) is 4.44. The summed E-state index contributed by atoms with van der Waals surface area (Å²) in [6.45, 7) is 7.96. The van der Waals surface area contributed by atoms with Crippen LogP contribution in [0.4, 0.5) is 4.39 Å². The largest absolute Gasteiger partial charge is 0.308 e. The summed E-state index contributed by atoms with van der Waals surface area (Å²) in [5.41, 5.74) is 3.91. The number of rotatable bonds is 5. The SMILES string of the molecule is CN(C)Cc1cccc(-c2cc(CNC(C)(C)C)ccc2F)c1. The standard InChI is InChI=1S/C20H27FN2/c1-20(2,3)22-13-15-9-10-19(21)18(12-15)17-8-6-7-16(11-17)14-23(4)5/h6-12,22H,13-14H2,1-5H3. The zero-order valence-corrected chi connectivity index (χ0v) is 14.8. The van der Waals surface area contributed by atoms with Crippen molar-refractivity contribution >= 4 is 0 Å². The molecule has 0 saturated carbocycles. The van der Waals surface area contributed by atoms with E-state index in [4.69, 9.17) is 0 Å². The average molecular weight is 314 g/mol. The first-order chi connectivity index (χ1) is 10.7. The van der Waals surface area contributed by atoms with Gasteiger partial charge in [0.1, 0.15) is 5.82 Å². The third-order valence-electron chi connectivity index (χ3n) is 3.59. The van der Waals surface area contributed by atoms with E-state index in [9.17, 15) is 4.39 Å². The van der Waals surface area contributed by atoms with Crippen LogP contribution in [0.15, 0.2) is 42.5 Å². The molecule has 3 heteroatoms. The van der Waals surface area contributed by atoms with Gasteiger partial charge in [0.05, 0.1) is 0 Å². The van der Waals surface area contributed by atoms with Crippen LogP contribution < -0.4 is 5.32 Å². The molecule has 0 unspecified atom stereocenters. The van der Waals surface area contributed by atoms with Gasteiger partial charge in [-0.2, -0.15) is 0 Å². The Balaban J connectivity index is 2.28. The Bertz CT molecular complexity index is 657. The summed E-state index contributed by atoms with van der Waals surface area (Å²) in [5, 5.41) is 3.44. The Morgan fingerprint density at radius 3 is 2.39 bits per heavy atom. The fourth-order valence-corrected chi connectivity index (χ4v) is 2.47. The van der Waals surface area contributed by atoms with Crippen molar-refractivity contribution in [3.05, 3.63) is 59.4 Å². The zero-order valence-electron chi connectivity index (χ0n) is 14.8. The van der Waals surface area contributed by atoms with Gasteiger partial charge in [-0.25, -0.2) is 4.39 Å². The highest BCUT2D eigenvalue weighted by Crippen LogP contribution is 2.25. The first-order valence-corrected chi connectivity index (χ1v) is 8.02. The van der Waals surface area contributed by atoms with E-state index in [1.807, 2.05) is 38.4 Å². The maximum Gasteiger partial charge on any atom is 0.131 e. The zero-order chi connectivity index (χ0) is 17.0. The second-order valence-electron chi connectivity index (χ2n) is 7.36. The van der Waals surface area contributed by atoms with E-state index in [0.717, 1.165) is 24.2 Å². The summed E-state index contributed by atoms with van der Waals surface area (Å²) >= 11 is 0. The van der Waals surface area contributed by atoms with Gasteiger partial charge < -0.3 is 10.2 Å². The number of hydrogen-bond acceptors (Lipinski definition) is 2. The van der Waals surface area contributed by atoms with Crippen molar-refractivity contribution in [2.75, 3.05) is 14.1 Å². The van der Waals surface area contributed by atoms with Crippen LogP contribution in [0.3, 0.4) is 0 Å². The lowest BCUT2D eigenvalue weighted by molar-refractivity contribution is 0.402. The molecule has 0 bridgehead atoms. The van der Waals surface area contributed by atoms with Crippen LogP contribution in [0, 0.1) is 5.82 Å². The summed E-state index contributed by atoms with van der Waals surface area (Å²) in [4.78, 5) is 2.11. The molecule has 0 amide bonds. The third kappa shape index (κ3) is 5.45. The van der Waals surface area contributed by atoms with E-state index in [1.54, 1.807) is 6.07 Å². The van der Waals surface area contributed by atoms with E-state index < -0.39 is 0 Å². The topological polar surface area (TPSA) is 15.3 Å². The Labute approximate surface area is 139 Å². The number of benzene rings is 2. The lowest BCUT2D eigenvalue weighted by Crippen LogP contribution is -2.35. The molecule has 2 aromatic carbocycles. The molecule has 2 nitrogen and oxygen atoms in total. The fraction of sp³-hybridized carbons (Fsp3) is 0.400. The molecular weight excluding hydrogens is 287 g/mol. The second-order valence-corrected chi connectivity index (χ2v) is 7.36. The van der Waals surface area contributed by atoms with Gasteiger partial charge in [-0.05, 0) is 69.8 Å². The first-order valence-electron chi connectivity index (χ1n) is 8.02. The molecule has 0 radical (unpaired) electrons. The molecule has 124 valence electrons. The summed E-state index contributed by atoms with van der Waals surface area (Å²) in [5.74, 6) is -0.175. The number of hydrogen-bond donors (Lipinski definition) is 1. The van der Waals surface area contributed by atoms with E-state index in [0.29, 0.717) is 5.56 Å². The predicted molar refractivity (Wildman–Crippen MR) is 95.8 cm³/mol. The monoisotopic (exact) mass is 314 g/mol. The van der Waals surface area contributed by atoms with Crippen molar-refractivity contribution in [2.24, 2.45) is 0 Å². The van der Waals surface area contributed by atoms with Gasteiger partial charge in [-0.1, -0.05) is 24.3 Å². The Hall–Kier alpha value is -1.71. The quantitative estimate of drug-likeness (QED) is 0.877. The molecule has 0 heterocycles. The van der Waals surface area contributed by atoms with Gasteiger partial charge in [-0.15, -0.1) is 0 Å². The Morgan fingerprint density at radius 1 is 1.00 bits per heavy atom. The minimum absolute atomic E-state index is 0.0418. The van der Waals surface area contributed by atoms with Crippen molar-refractivity contribution in [3.8, 4) is 11.1 Å². The van der Waals surface area contributed by atoms with Gasteiger partial charge >= 0.3 is 0 Å². The number of nitrogens with one attached hydrogen (secondary N) is 1. The summed E-state index contributed by atoms with van der Waals surface area (Å²) in [6.07, 6.45) is 0. The molecular formula is C20H27FN2. The highest BCUT2D eigenvalue weighted by atomic mass is 19.1. The van der Waals surface area contributed by atoms with Crippen molar-refractivity contribution < 1.29 is 4.39 Å². The van der Waals surface area contributed by atoms with E-state index >= 15 is 0 Å². The second kappa shape index (κ2) is 7.24.